The summed E-state index contributed by atoms with van der Waals surface area (Å²) in [5, 5.41) is 10.8. The summed E-state index contributed by atoms with van der Waals surface area (Å²) in [6.45, 7) is 17.4. The number of hydrogen-bond donors (Lipinski definition) is 3. The number of methoxy groups -OCH3 is 1. The number of ether oxygens (including phenoxy) is 2. The van der Waals surface area contributed by atoms with Crippen LogP contribution in [0.3, 0.4) is 0 Å². The van der Waals surface area contributed by atoms with Gasteiger partial charge in [0.15, 0.2) is 0 Å². The molecule has 3 aliphatic rings. The highest BCUT2D eigenvalue weighted by Gasteiger charge is 2.41. The Morgan fingerprint density at radius 2 is 1.94 bits per heavy atom. The first kappa shape index (κ1) is 47.3. The molecule has 6 bridgehead atoms. The van der Waals surface area contributed by atoms with Gasteiger partial charge < -0.3 is 34.5 Å². The molecule has 5 amide bonds. The van der Waals surface area contributed by atoms with E-state index in [1.165, 1.54) is 27.3 Å². The van der Waals surface area contributed by atoms with Crippen molar-refractivity contribution in [2.75, 3.05) is 40.4 Å². The van der Waals surface area contributed by atoms with E-state index in [4.69, 9.17) is 19.4 Å². The largest absolute Gasteiger partial charge is 0.464 e. The molecule has 0 spiro atoms. The molecule has 65 heavy (non-hydrogen) atoms. The fourth-order valence-corrected chi connectivity index (χ4v) is 10.1. The first-order chi connectivity index (χ1) is 31.0. The number of carbonyl (C=O) groups excluding carboxylic acids is 5. The number of aryl methyl sites for hydroxylation is 1. The Bertz CT molecular complexity index is 2450. The second-order valence-electron chi connectivity index (χ2n) is 18.4. The van der Waals surface area contributed by atoms with Crippen molar-refractivity contribution in [3.63, 3.8) is 0 Å². The number of likely N-dealkylation sites (tertiary alicyclic amines) is 1. The van der Waals surface area contributed by atoms with Crippen LogP contribution in [0.2, 0.25) is 0 Å². The van der Waals surface area contributed by atoms with Gasteiger partial charge in [-0.25, -0.2) is 15.2 Å². The fourth-order valence-electron chi connectivity index (χ4n) is 9.26. The number of thiazole rings is 1. The van der Waals surface area contributed by atoms with E-state index in [0.29, 0.717) is 50.3 Å². The Morgan fingerprint density at radius 3 is 2.63 bits per heavy atom. The number of carbonyl (C=O) groups is 5. The van der Waals surface area contributed by atoms with Gasteiger partial charge in [0.05, 0.1) is 40.8 Å². The van der Waals surface area contributed by atoms with Crippen molar-refractivity contribution in [1.82, 2.24) is 45.4 Å². The smallest absolute Gasteiger partial charge is 0.324 e. The predicted molar refractivity (Wildman–Crippen MR) is 249 cm³/mol. The molecule has 5 atom stereocenters. The van der Waals surface area contributed by atoms with Crippen molar-refractivity contribution in [1.29, 1.82) is 0 Å². The second-order valence-corrected chi connectivity index (χ2v) is 19.4. The van der Waals surface area contributed by atoms with Crippen LogP contribution in [0.5, 0.6) is 0 Å². The zero-order valence-corrected chi connectivity index (χ0v) is 39.6. The lowest BCUT2D eigenvalue weighted by Crippen LogP contribution is -2.64. The lowest BCUT2D eigenvalue weighted by atomic mass is 9.84. The highest BCUT2D eigenvalue weighted by Crippen LogP contribution is 2.42. The first-order valence-electron chi connectivity index (χ1n) is 22.6. The summed E-state index contributed by atoms with van der Waals surface area (Å²) in [6.07, 6.45) is 5.07. The standard InChI is InChI=1S/C48H63N9O7S/c1-10-39(58)50-25-31-18-21-56(31)47(62)54(8)42(28(3)4)44(59)52-36-23-40-51-37(26-65-40)30-16-17-38-33(22-30)34(43(55(38)11-2)32-14-12-19-49-41(32)29(5)63-9)24-48(6,7)27-64-46(61)35-15-13-20-57(53-35)45(36)60/h10,12,14,16-17,19,22,26,28-29,31,35-36,42,53H,1,11,13,15,18,20-21,23-25,27H2,2-9H3,(H,50,58)(H,52,59)/t29-,31+,35-,36-,42-/m0/s1. The van der Waals surface area contributed by atoms with E-state index in [-0.39, 0.29) is 49.6 Å². The molecule has 3 aromatic heterocycles. The Hall–Kier alpha value is -5.65. The molecule has 348 valence electrons. The van der Waals surface area contributed by atoms with E-state index >= 15 is 0 Å². The molecule has 2 fully saturated rings. The minimum Gasteiger partial charge on any atom is -0.464 e. The summed E-state index contributed by atoms with van der Waals surface area (Å²) in [4.78, 5) is 81.5. The average molecular weight is 910 g/mol. The molecule has 0 saturated carbocycles. The number of nitrogens with one attached hydrogen (secondary N) is 3. The van der Waals surface area contributed by atoms with Gasteiger partial charge >= 0.3 is 12.0 Å². The van der Waals surface area contributed by atoms with E-state index in [9.17, 15) is 24.0 Å². The normalized spacial score (nSPS) is 20.9. The number of aromatic nitrogens is 3. The maximum Gasteiger partial charge on any atom is 0.324 e. The average Bonchev–Trinajstić information content (AvgIpc) is 3.88. The third-order valence-corrected chi connectivity index (χ3v) is 13.7. The van der Waals surface area contributed by atoms with Crippen molar-refractivity contribution in [2.24, 2.45) is 11.3 Å². The highest BCUT2D eigenvalue weighted by molar-refractivity contribution is 7.10. The second kappa shape index (κ2) is 19.8. The molecule has 3 N–H and O–H groups in total. The first-order valence-corrected chi connectivity index (χ1v) is 23.5. The van der Waals surface area contributed by atoms with E-state index < -0.39 is 41.3 Å². The SMILES string of the molecule is C=CC(=O)NC[C@H]1CCN1C(=O)N(C)[C@H](C(=O)N[C@H]1Cc2nc(cs2)-c2ccc3c(c2)c(c(-c2cccnc2[C@H](C)OC)n3CC)CC(C)(C)COC(=O)[C@@H]2CCCN(N2)C1=O)C(C)C. The van der Waals surface area contributed by atoms with Crippen LogP contribution in [-0.2, 0) is 48.0 Å². The summed E-state index contributed by atoms with van der Waals surface area (Å²) in [5.41, 5.74) is 9.24. The van der Waals surface area contributed by atoms with E-state index in [2.05, 4.69) is 72.2 Å². The monoisotopic (exact) mass is 909 g/mol. The molecule has 17 heteroatoms. The number of pyridine rings is 1. The van der Waals surface area contributed by atoms with Crippen LogP contribution in [0.15, 0.2) is 54.6 Å². The van der Waals surface area contributed by atoms with Crippen LogP contribution in [0.1, 0.15) is 83.2 Å². The molecular formula is C48H63N9O7S. The molecule has 0 aliphatic carbocycles. The predicted octanol–water partition coefficient (Wildman–Crippen LogP) is 5.66. The number of rotatable bonds is 11. The Balaban J connectivity index is 1.25. The van der Waals surface area contributed by atoms with Gasteiger partial charge in [0, 0.05) is 85.8 Å². The van der Waals surface area contributed by atoms with Crippen LogP contribution in [0.25, 0.3) is 33.4 Å². The van der Waals surface area contributed by atoms with E-state index in [1.54, 1.807) is 25.3 Å². The number of nitrogens with zero attached hydrogens (tertiary/aromatic N) is 6. The summed E-state index contributed by atoms with van der Waals surface area (Å²) in [5.74, 6) is -2.03. The lowest BCUT2D eigenvalue weighted by Gasteiger charge is -2.44. The van der Waals surface area contributed by atoms with Gasteiger partial charge in [0.25, 0.3) is 5.91 Å². The lowest BCUT2D eigenvalue weighted by molar-refractivity contribution is -0.155. The number of likely N-dealkylation sites (N-methyl/N-ethyl adjacent to an activating group) is 1. The van der Waals surface area contributed by atoms with Crippen LogP contribution < -0.4 is 16.1 Å². The van der Waals surface area contributed by atoms with Gasteiger partial charge in [-0.15, -0.1) is 11.3 Å². The van der Waals surface area contributed by atoms with Crippen molar-refractivity contribution >= 4 is 52.0 Å². The number of cyclic esters (lactones) is 1. The minimum atomic E-state index is -1.09. The maximum atomic E-state index is 14.6. The number of fused-ring (bicyclic) bond motifs is 6. The molecule has 1 aromatic carbocycles. The molecule has 3 aliphatic heterocycles. The Labute approximate surface area is 385 Å². The molecule has 16 nitrogen and oxygen atoms in total. The third kappa shape index (κ3) is 9.97. The Kier molecular flexibility index (Phi) is 14.4. The molecular weight excluding hydrogens is 847 g/mol. The van der Waals surface area contributed by atoms with Crippen LogP contribution in [0, 0.1) is 11.3 Å². The van der Waals surface area contributed by atoms with Crippen LogP contribution in [0.4, 0.5) is 4.79 Å². The van der Waals surface area contributed by atoms with Gasteiger partial charge in [-0.3, -0.25) is 29.2 Å². The Morgan fingerprint density at radius 1 is 1.15 bits per heavy atom. The summed E-state index contributed by atoms with van der Waals surface area (Å²) in [7, 11) is 3.27. The van der Waals surface area contributed by atoms with Crippen molar-refractivity contribution < 1.29 is 33.4 Å². The van der Waals surface area contributed by atoms with Crippen LogP contribution in [-0.4, -0.2) is 124 Å². The molecule has 0 unspecified atom stereocenters. The van der Waals surface area contributed by atoms with Crippen molar-refractivity contribution in [2.45, 2.75) is 110 Å². The highest BCUT2D eigenvalue weighted by atomic mass is 32.1. The van der Waals surface area contributed by atoms with Gasteiger partial charge in [-0.05, 0) is 81.4 Å². The third-order valence-electron chi connectivity index (χ3n) is 12.9. The number of urea groups is 1. The number of amides is 5. The quantitative estimate of drug-likeness (QED) is 0.126. The fraction of sp³-hybridized carbons (Fsp3) is 0.521. The van der Waals surface area contributed by atoms with Gasteiger partial charge in [-0.1, -0.05) is 40.3 Å². The van der Waals surface area contributed by atoms with Gasteiger partial charge in [-0.2, -0.15) is 0 Å². The van der Waals surface area contributed by atoms with Crippen LogP contribution >= 0.6 is 11.3 Å². The molecule has 0 radical (unpaired) electrons. The summed E-state index contributed by atoms with van der Waals surface area (Å²) >= 11 is 1.40. The van der Waals surface area contributed by atoms with Crippen molar-refractivity contribution in [3.05, 3.63) is 70.8 Å². The number of hydrazine groups is 1. The molecule has 7 rings (SSSR count). The molecule has 4 aromatic rings. The topological polar surface area (TPSA) is 180 Å². The minimum absolute atomic E-state index is 0.0712. The summed E-state index contributed by atoms with van der Waals surface area (Å²) in [6, 6.07) is 7.02. The van der Waals surface area contributed by atoms with Gasteiger partial charge in [0.2, 0.25) is 11.8 Å². The summed E-state index contributed by atoms with van der Waals surface area (Å²) < 4.78 is 14.2. The number of benzene rings is 1. The van der Waals surface area contributed by atoms with Gasteiger partial charge in [0.1, 0.15) is 18.1 Å². The zero-order valence-electron chi connectivity index (χ0n) is 38.8. The number of esters is 1. The van der Waals surface area contributed by atoms with E-state index in [1.807, 2.05) is 32.2 Å². The molecule has 6 heterocycles. The maximum absolute atomic E-state index is 14.6. The zero-order chi connectivity index (χ0) is 46.7. The van der Waals surface area contributed by atoms with E-state index in [0.717, 1.165) is 44.7 Å². The molecule has 2 saturated heterocycles. The van der Waals surface area contributed by atoms with Crippen molar-refractivity contribution in [3.8, 4) is 22.5 Å². The number of hydrogen-bond acceptors (Lipinski definition) is 11.